The fraction of sp³-hybridized carbons (Fsp3) is 0.412. The van der Waals surface area contributed by atoms with Crippen molar-refractivity contribution in [2.45, 2.75) is 40.5 Å². The quantitative estimate of drug-likeness (QED) is 0.886. The van der Waals surface area contributed by atoms with Crippen LogP contribution in [0.15, 0.2) is 24.3 Å². The molecule has 3 heteroatoms. The summed E-state index contributed by atoms with van der Waals surface area (Å²) in [7, 11) is 0. The smallest absolute Gasteiger partial charge is 0.152 e. The molecule has 20 heavy (non-hydrogen) atoms. The zero-order chi connectivity index (χ0) is 14.5. The Bertz CT molecular complexity index is 574. The molecule has 3 nitrogen and oxygen atoms in total. The largest absolute Gasteiger partial charge is 0.369 e. The van der Waals surface area contributed by atoms with Gasteiger partial charge >= 0.3 is 0 Å². The van der Waals surface area contributed by atoms with Crippen LogP contribution in [-0.2, 0) is 6.42 Å². The van der Waals surface area contributed by atoms with Crippen LogP contribution in [-0.4, -0.2) is 16.5 Å². The summed E-state index contributed by atoms with van der Waals surface area (Å²) in [5.41, 5.74) is 5.40. The molecule has 0 spiro atoms. The second-order valence-corrected chi connectivity index (χ2v) is 5.07. The van der Waals surface area contributed by atoms with Crippen LogP contribution in [0.3, 0.4) is 0 Å². The van der Waals surface area contributed by atoms with Gasteiger partial charge in [-0.2, -0.15) is 0 Å². The third kappa shape index (κ3) is 3.16. The van der Waals surface area contributed by atoms with Crippen molar-refractivity contribution in [3.05, 3.63) is 41.2 Å². The van der Waals surface area contributed by atoms with Gasteiger partial charge in [0.15, 0.2) is 5.82 Å². The standard InChI is InChI=1S/C17H23N3/c1-5-7-14-8-10-15(11-9-14)16-17(18-6-2)20-13(4)12(3)19-16/h8-11H,5-7H2,1-4H3,(H,18,20). The van der Waals surface area contributed by atoms with Crippen LogP contribution in [0, 0.1) is 13.8 Å². The molecule has 0 bridgehead atoms. The van der Waals surface area contributed by atoms with Crippen molar-refractivity contribution >= 4 is 5.82 Å². The van der Waals surface area contributed by atoms with Crippen LogP contribution in [0.4, 0.5) is 5.82 Å². The summed E-state index contributed by atoms with van der Waals surface area (Å²) in [5.74, 6) is 0.874. The van der Waals surface area contributed by atoms with E-state index < -0.39 is 0 Å². The third-order valence-corrected chi connectivity index (χ3v) is 3.42. The molecule has 0 unspecified atom stereocenters. The summed E-state index contributed by atoms with van der Waals surface area (Å²) < 4.78 is 0. The lowest BCUT2D eigenvalue weighted by atomic mass is 10.1. The number of nitrogens with one attached hydrogen (secondary N) is 1. The van der Waals surface area contributed by atoms with Crippen molar-refractivity contribution in [1.82, 2.24) is 9.97 Å². The summed E-state index contributed by atoms with van der Waals surface area (Å²) in [6.45, 7) is 9.12. The Morgan fingerprint density at radius 3 is 2.20 bits per heavy atom. The normalized spacial score (nSPS) is 10.6. The van der Waals surface area contributed by atoms with Gasteiger partial charge in [-0.15, -0.1) is 0 Å². The van der Waals surface area contributed by atoms with E-state index in [-0.39, 0.29) is 0 Å². The molecule has 1 N–H and O–H groups in total. The zero-order valence-electron chi connectivity index (χ0n) is 12.8. The lowest BCUT2D eigenvalue weighted by Gasteiger charge is -2.12. The highest BCUT2D eigenvalue weighted by Gasteiger charge is 2.10. The minimum absolute atomic E-state index is 0.845. The third-order valence-electron chi connectivity index (χ3n) is 3.42. The Balaban J connectivity index is 2.42. The molecule has 106 valence electrons. The maximum absolute atomic E-state index is 4.71. The van der Waals surface area contributed by atoms with Crippen molar-refractivity contribution in [3.63, 3.8) is 0 Å². The van der Waals surface area contributed by atoms with E-state index in [0.29, 0.717) is 0 Å². The molecule has 0 aliphatic carbocycles. The lowest BCUT2D eigenvalue weighted by molar-refractivity contribution is 0.922. The van der Waals surface area contributed by atoms with Crippen molar-refractivity contribution in [2.75, 3.05) is 11.9 Å². The highest BCUT2D eigenvalue weighted by atomic mass is 15.0. The Morgan fingerprint density at radius 1 is 0.950 bits per heavy atom. The molecule has 0 aliphatic heterocycles. The van der Waals surface area contributed by atoms with Gasteiger partial charge in [0.25, 0.3) is 0 Å². The monoisotopic (exact) mass is 269 g/mol. The van der Waals surface area contributed by atoms with E-state index in [1.807, 2.05) is 13.8 Å². The number of hydrogen-bond donors (Lipinski definition) is 1. The second-order valence-electron chi connectivity index (χ2n) is 5.07. The Labute approximate surface area is 121 Å². The topological polar surface area (TPSA) is 37.8 Å². The minimum atomic E-state index is 0.845. The number of anilines is 1. The molecule has 2 rings (SSSR count). The number of rotatable bonds is 5. The molecular formula is C17H23N3. The van der Waals surface area contributed by atoms with Crippen LogP contribution in [0.2, 0.25) is 0 Å². The molecular weight excluding hydrogens is 246 g/mol. The van der Waals surface area contributed by atoms with E-state index in [1.165, 1.54) is 12.0 Å². The first kappa shape index (κ1) is 14.5. The van der Waals surface area contributed by atoms with Crippen LogP contribution in [0.1, 0.15) is 37.2 Å². The van der Waals surface area contributed by atoms with Crippen molar-refractivity contribution in [2.24, 2.45) is 0 Å². The van der Waals surface area contributed by atoms with E-state index in [1.54, 1.807) is 0 Å². The first-order valence-electron chi connectivity index (χ1n) is 7.34. The molecule has 0 amide bonds. The predicted molar refractivity (Wildman–Crippen MR) is 85.1 cm³/mol. The van der Waals surface area contributed by atoms with Gasteiger partial charge in [0, 0.05) is 12.1 Å². The summed E-state index contributed by atoms with van der Waals surface area (Å²) in [6, 6.07) is 8.66. The molecule has 1 heterocycles. The van der Waals surface area contributed by atoms with Gasteiger partial charge in [0.2, 0.25) is 0 Å². The number of nitrogens with zero attached hydrogens (tertiary/aromatic N) is 2. The molecule has 2 aromatic rings. The predicted octanol–water partition coefficient (Wildman–Crippen LogP) is 4.14. The van der Waals surface area contributed by atoms with Crippen LogP contribution < -0.4 is 5.32 Å². The molecule has 0 saturated carbocycles. The van der Waals surface area contributed by atoms with Gasteiger partial charge in [-0.25, -0.2) is 9.97 Å². The molecule has 1 aromatic carbocycles. The van der Waals surface area contributed by atoms with Gasteiger partial charge in [-0.05, 0) is 32.8 Å². The summed E-state index contributed by atoms with van der Waals surface area (Å²) in [4.78, 5) is 9.34. The number of aryl methyl sites for hydroxylation is 3. The lowest BCUT2D eigenvalue weighted by Crippen LogP contribution is -2.06. The number of benzene rings is 1. The molecule has 1 aromatic heterocycles. The minimum Gasteiger partial charge on any atom is -0.369 e. The SMILES string of the molecule is CCCc1ccc(-c2nc(C)c(C)nc2NCC)cc1. The van der Waals surface area contributed by atoms with Crippen molar-refractivity contribution < 1.29 is 0 Å². The van der Waals surface area contributed by atoms with Gasteiger partial charge in [0.1, 0.15) is 5.69 Å². The summed E-state index contributed by atoms with van der Waals surface area (Å²) in [5, 5.41) is 3.31. The first-order valence-corrected chi connectivity index (χ1v) is 7.34. The second kappa shape index (κ2) is 6.51. The van der Waals surface area contributed by atoms with Gasteiger partial charge in [-0.3, -0.25) is 0 Å². The maximum Gasteiger partial charge on any atom is 0.152 e. The van der Waals surface area contributed by atoms with Crippen LogP contribution >= 0.6 is 0 Å². The van der Waals surface area contributed by atoms with Gasteiger partial charge in [0.05, 0.1) is 11.4 Å². The molecule has 0 radical (unpaired) electrons. The Kier molecular flexibility index (Phi) is 4.72. The Hall–Kier alpha value is -1.90. The molecule has 0 saturated heterocycles. The van der Waals surface area contributed by atoms with E-state index >= 15 is 0 Å². The Morgan fingerprint density at radius 2 is 1.60 bits per heavy atom. The molecule has 0 fully saturated rings. The maximum atomic E-state index is 4.71. The summed E-state index contributed by atoms with van der Waals surface area (Å²) >= 11 is 0. The van der Waals surface area contributed by atoms with Gasteiger partial charge in [-0.1, -0.05) is 37.6 Å². The summed E-state index contributed by atoms with van der Waals surface area (Å²) in [6.07, 6.45) is 2.30. The van der Waals surface area contributed by atoms with Crippen LogP contribution in [0.25, 0.3) is 11.3 Å². The van der Waals surface area contributed by atoms with Gasteiger partial charge < -0.3 is 5.32 Å². The fourth-order valence-electron chi connectivity index (χ4n) is 2.21. The first-order chi connectivity index (χ1) is 9.65. The van der Waals surface area contributed by atoms with E-state index in [0.717, 1.165) is 41.4 Å². The average molecular weight is 269 g/mol. The van der Waals surface area contributed by atoms with E-state index in [2.05, 4.69) is 48.4 Å². The average Bonchev–Trinajstić information content (AvgIpc) is 2.44. The fourth-order valence-corrected chi connectivity index (χ4v) is 2.21. The number of hydrogen-bond acceptors (Lipinski definition) is 3. The van der Waals surface area contributed by atoms with E-state index in [9.17, 15) is 0 Å². The van der Waals surface area contributed by atoms with Crippen molar-refractivity contribution in [3.8, 4) is 11.3 Å². The highest BCUT2D eigenvalue weighted by molar-refractivity contribution is 5.71. The molecule has 0 atom stereocenters. The van der Waals surface area contributed by atoms with Crippen molar-refractivity contribution in [1.29, 1.82) is 0 Å². The molecule has 0 aliphatic rings. The zero-order valence-corrected chi connectivity index (χ0v) is 12.8. The number of aromatic nitrogens is 2. The van der Waals surface area contributed by atoms with E-state index in [4.69, 9.17) is 4.98 Å². The highest BCUT2D eigenvalue weighted by Crippen LogP contribution is 2.26. The van der Waals surface area contributed by atoms with Crippen LogP contribution in [0.5, 0.6) is 0 Å².